The predicted octanol–water partition coefficient (Wildman–Crippen LogP) is 7.10. The fourth-order valence-electron chi connectivity index (χ4n) is 3.10. The number of ether oxygens (including phenoxy) is 1. The Morgan fingerprint density at radius 2 is 1.53 bits per heavy atom. The Balaban J connectivity index is 1.54. The summed E-state index contributed by atoms with van der Waals surface area (Å²) in [6.45, 7) is 1.34. The van der Waals surface area contributed by atoms with Gasteiger partial charge in [0.05, 0.1) is 6.61 Å². The summed E-state index contributed by atoms with van der Waals surface area (Å²) in [5.41, 5.74) is 11.5. The lowest BCUT2D eigenvalue weighted by molar-refractivity contribution is 0.293. The van der Waals surface area contributed by atoms with Crippen LogP contribution in [0.5, 0.6) is 5.88 Å². The molecule has 0 amide bonds. The normalized spacial score (nSPS) is 10.7. The standard InChI is InChI=1S/C24H33N5O/c1-26-23-15-12-21(13-16-23)10-11-22-14-17-24(27-20-22)30-19-9-7-5-3-2-4-6-8-18-28-29-25/h10-17,20,26H,2-9,18-19H2,1H3/b11-10+. The minimum atomic E-state index is 0.629. The van der Waals surface area contributed by atoms with E-state index in [1.54, 1.807) is 0 Å². The highest BCUT2D eigenvalue weighted by molar-refractivity contribution is 5.70. The summed E-state index contributed by atoms with van der Waals surface area (Å²) in [6.07, 6.45) is 15.4. The molecule has 0 unspecified atom stereocenters. The van der Waals surface area contributed by atoms with Gasteiger partial charge in [-0.1, -0.05) is 67.9 Å². The van der Waals surface area contributed by atoms with Crippen molar-refractivity contribution in [2.24, 2.45) is 5.11 Å². The SMILES string of the molecule is CNc1ccc(/C=C/c2ccc(OCCCCCCCCCCN=[N+]=[N-])nc2)cc1. The van der Waals surface area contributed by atoms with Crippen LogP contribution in [0.15, 0.2) is 47.7 Å². The number of anilines is 1. The van der Waals surface area contributed by atoms with Crippen LogP contribution >= 0.6 is 0 Å². The van der Waals surface area contributed by atoms with Gasteiger partial charge in [0.1, 0.15) is 0 Å². The van der Waals surface area contributed by atoms with E-state index in [-0.39, 0.29) is 0 Å². The van der Waals surface area contributed by atoms with Gasteiger partial charge < -0.3 is 10.1 Å². The van der Waals surface area contributed by atoms with E-state index in [0.717, 1.165) is 36.1 Å². The Kier molecular flexibility index (Phi) is 11.6. The highest BCUT2D eigenvalue weighted by Gasteiger charge is 1.97. The average molecular weight is 408 g/mol. The molecular weight excluding hydrogens is 374 g/mol. The fourth-order valence-corrected chi connectivity index (χ4v) is 3.10. The molecule has 1 aromatic carbocycles. The Hall–Kier alpha value is -2.98. The molecule has 0 bridgehead atoms. The van der Waals surface area contributed by atoms with Crippen molar-refractivity contribution >= 4 is 17.8 Å². The Morgan fingerprint density at radius 1 is 0.900 bits per heavy atom. The lowest BCUT2D eigenvalue weighted by Crippen LogP contribution is -1.99. The van der Waals surface area contributed by atoms with Crippen LogP contribution in [0.1, 0.15) is 62.5 Å². The molecule has 160 valence electrons. The lowest BCUT2D eigenvalue weighted by Gasteiger charge is -2.05. The molecule has 0 aliphatic rings. The number of rotatable bonds is 15. The first-order valence-electron chi connectivity index (χ1n) is 10.9. The van der Waals surface area contributed by atoms with Crippen molar-refractivity contribution in [2.45, 2.75) is 51.4 Å². The second-order valence-corrected chi connectivity index (χ2v) is 7.27. The third kappa shape index (κ3) is 9.99. The number of nitrogens with one attached hydrogen (secondary N) is 1. The van der Waals surface area contributed by atoms with Crippen LogP contribution in [0, 0.1) is 0 Å². The summed E-state index contributed by atoms with van der Waals surface area (Å²) in [7, 11) is 1.92. The third-order valence-corrected chi connectivity index (χ3v) is 4.89. The van der Waals surface area contributed by atoms with Crippen molar-refractivity contribution in [3.63, 3.8) is 0 Å². The van der Waals surface area contributed by atoms with Gasteiger partial charge in [-0.15, -0.1) is 0 Å². The molecule has 0 fully saturated rings. The molecule has 0 spiro atoms. The van der Waals surface area contributed by atoms with Crippen LogP contribution in [0.4, 0.5) is 5.69 Å². The Labute approximate surface area is 180 Å². The number of hydrogen-bond acceptors (Lipinski definition) is 4. The quantitative estimate of drug-likeness (QED) is 0.148. The minimum Gasteiger partial charge on any atom is -0.478 e. The fraction of sp³-hybridized carbons (Fsp3) is 0.458. The van der Waals surface area contributed by atoms with Crippen molar-refractivity contribution < 1.29 is 4.74 Å². The highest BCUT2D eigenvalue weighted by atomic mass is 16.5. The highest BCUT2D eigenvalue weighted by Crippen LogP contribution is 2.14. The van der Waals surface area contributed by atoms with Crippen molar-refractivity contribution in [3.8, 4) is 5.88 Å². The topological polar surface area (TPSA) is 82.9 Å². The predicted molar refractivity (Wildman–Crippen MR) is 126 cm³/mol. The van der Waals surface area contributed by atoms with E-state index >= 15 is 0 Å². The van der Waals surface area contributed by atoms with E-state index in [4.69, 9.17) is 10.3 Å². The van der Waals surface area contributed by atoms with Crippen molar-refractivity contribution in [1.29, 1.82) is 0 Å². The summed E-state index contributed by atoms with van der Waals surface area (Å²) in [6, 6.07) is 12.2. The number of unbranched alkanes of at least 4 members (excludes halogenated alkanes) is 7. The van der Waals surface area contributed by atoms with Crippen LogP contribution < -0.4 is 10.1 Å². The largest absolute Gasteiger partial charge is 0.478 e. The zero-order valence-electron chi connectivity index (χ0n) is 18.0. The van der Waals surface area contributed by atoms with Gasteiger partial charge in [-0.2, -0.15) is 0 Å². The molecule has 30 heavy (non-hydrogen) atoms. The smallest absolute Gasteiger partial charge is 0.213 e. The van der Waals surface area contributed by atoms with Crippen LogP contribution in [0.2, 0.25) is 0 Å². The molecule has 2 rings (SSSR count). The Morgan fingerprint density at radius 3 is 2.17 bits per heavy atom. The van der Waals surface area contributed by atoms with Crippen LogP contribution in [0.3, 0.4) is 0 Å². The first-order valence-corrected chi connectivity index (χ1v) is 10.9. The van der Waals surface area contributed by atoms with Crippen molar-refractivity contribution in [1.82, 2.24) is 4.98 Å². The molecule has 0 saturated heterocycles. The van der Waals surface area contributed by atoms with E-state index in [1.807, 2.05) is 25.4 Å². The van der Waals surface area contributed by atoms with Crippen LogP contribution in [-0.2, 0) is 0 Å². The van der Waals surface area contributed by atoms with Gasteiger partial charge in [0.15, 0.2) is 0 Å². The number of nitrogens with zero attached hydrogens (tertiary/aromatic N) is 4. The lowest BCUT2D eigenvalue weighted by atomic mass is 10.1. The van der Waals surface area contributed by atoms with Gasteiger partial charge in [-0.3, -0.25) is 0 Å². The zero-order chi connectivity index (χ0) is 21.3. The second-order valence-electron chi connectivity index (χ2n) is 7.27. The first kappa shape index (κ1) is 23.3. The van der Waals surface area contributed by atoms with Crippen LogP contribution in [0.25, 0.3) is 22.6 Å². The van der Waals surface area contributed by atoms with E-state index in [1.165, 1.54) is 32.1 Å². The molecule has 6 nitrogen and oxygen atoms in total. The maximum atomic E-state index is 8.21. The van der Waals surface area contributed by atoms with Gasteiger partial charge in [-0.25, -0.2) is 4.98 Å². The monoisotopic (exact) mass is 407 g/mol. The zero-order valence-corrected chi connectivity index (χ0v) is 18.0. The van der Waals surface area contributed by atoms with Gasteiger partial charge in [0.25, 0.3) is 0 Å². The van der Waals surface area contributed by atoms with Gasteiger partial charge >= 0.3 is 0 Å². The second kappa shape index (κ2) is 14.9. The molecule has 6 heteroatoms. The Bertz CT molecular complexity index is 780. The molecule has 0 aliphatic carbocycles. The van der Waals surface area contributed by atoms with E-state index in [9.17, 15) is 0 Å². The van der Waals surface area contributed by atoms with Crippen molar-refractivity contribution in [2.75, 3.05) is 25.5 Å². The maximum Gasteiger partial charge on any atom is 0.213 e. The minimum absolute atomic E-state index is 0.629. The average Bonchev–Trinajstić information content (AvgIpc) is 2.79. The molecular formula is C24H33N5O. The van der Waals surface area contributed by atoms with E-state index in [0.29, 0.717) is 19.0 Å². The summed E-state index contributed by atoms with van der Waals surface area (Å²) < 4.78 is 5.75. The van der Waals surface area contributed by atoms with Crippen molar-refractivity contribution in [3.05, 3.63) is 64.2 Å². The van der Waals surface area contributed by atoms with E-state index < -0.39 is 0 Å². The molecule has 1 N–H and O–H groups in total. The molecule has 0 saturated carbocycles. The first-order chi connectivity index (χ1) is 14.8. The summed E-state index contributed by atoms with van der Waals surface area (Å²) >= 11 is 0. The summed E-state index contributed by atoms with van der Waals surface area (Å²) in [5, 5.41) is 6.67. The van der Waals surface area contributed by atoms with Gasteiger partial charge in [0, 0.05) is 36.5 Å². The van der Waals surface area contributed by atoms with Crippen LogP contribution in [-0.4, -0.2) is 25.2 Å². The van der Waals surface area contributed by atoms with Gasteiger partial charge in [0.2, 0.25) is 5.88 Å². The third-order valence-electron chi connectivity index (χ3n) is 4.89. The molecule has 0 radical (unpaired) electrons. The number of pyridine rings is 1. The molecule has 2 aromatic rings. The number of azide groups is 1. The number of benzene rings is 1. The van der Waals surface area contributed by atoms with Gasteiger partial charge in [-0.05, 0) is 47.7 Å². The van der Waals surface area contributed by atoms with E-state index in [2.05, 4.69) is 56.7 Å². The summed E-state index contributed by atoms with van der Waals surface area (Å²) in [4.78, 5) is 7.16. The maximum absolute atomic E-state index is 8.21. The molecule has 1 aromatic heterocycles. The molecule has 0 aliphatic heterocycles. The summed E-state index contributed by atoms with van der Waals surface area (Å²) in [5.74, 6) is 0.686. The number of aromatic nitrogens is 1. The molecule has 0 atom stereocenters. The number of hydrogen-bond donors (Lipinski definition) is 1. The molecule has 1 heterocycles.